The minimum atomic E-state index is 0. The third-order valence-electron chi connectivity index (χ3n) is 5.88. The van der Waals surface area contributed by atoms with Gasteiger partial charge >= 0.3 is 0 Å². The molecule has 0 heterocycles. The van der Waals surface area contributed by atoms with Crippen LogP contribution in [-0.2, 0) is 61.4 Å². The monoisotopic (exact) mass is 800 g/mol. The summed E-state index contributed by atoms with van der Waals surface area (Å²) in [6.45, 7) is 8.47. The van der Waals surface area contributed by atoms with Crippen LogP contribution in [0, 0.1) is 11.8 Å². The third-order valence-corrected chi connectivity index (χ3v) is 5.88. The van der Waals surface area contributed by atoms with Crippen LogP contribution in [0.25, 0.3) is 0 Å². The Bertz CT molecular complexity index is 1100. The number of benzene rings is 2. The molecule has 0 saturated carbocycles. The molecule has 4 rings (SSSR count). The van der Waals surface area contributed by atoms with Crippen molar-refractivity contribution in [3.05, 3.63) is 155 Å². The molecule has 0 fully saturated rings. The van der Waals surface area contributed by atoms with E-state index in [0.29, 0.717) is 0 Å². The van der Waals surface area contributed by atoms with E-state index < -0.39 is 0 Å². The molecule has 0 amide bonds. The van der Waals surface area contributed by atoms with E-state index in [1.807, 2.05) is 19.9 Å². The number of fused-ring (bicyclic) bond motifs is 2. The van der Waals surface area contributed by atoms with Crippen molar-refractivity contribution in [2.24, 2.45) is 0 Å². The molecule has 0 aliphatic heterocycles. The summed E-state index contributed by atoms with van der Waals surface area (Å²) < 4.78 is 0. The van der Waals surface area contributed by atoms with E-state index in [1.165, 1.54) is 45.2 Å². The summed E-state index contributed by atoms with van der Waals surface area (Å²) in [5, 5.41) is 0. The quantitative estimate of drug-likeness (QED) is 0.215. The zero-order valence-corrected chi connectivity index (χ0v) is 27.2. The van der Waals surface area contributed by atoms with Crippen LogP contribution in [0.15, 0.2) is 120 Å². The van der Waals surface area contributed by atoms with Gasteiger partial charge in [-0.25, -0.2) is 12.0 Å². The Labute approximate surface area is 242 Å². The standard InChI is InChI=1S/C17H19.C16H17.2W/c1-3-4-5-8-15-11-14(2)12-16-9-6-7-10-17(16)13-15;1-3-4-5-8-14-11-13(2)16-10-7-6-9-15(16)12-14;;/h3-11H,12-13H2,1-2H3;3-11H,12H2,1-2H3;;/q2*-1;;/b2*4-3-,8-5-;;. The smallest absolute Gasteiger partial charge is 0 e. The van der Waals surface area contributed by atoms with Crippen LogP contribution >= 0.6 is 0 Å². The van der Waals surface area contributed by atoms with Gasteiger partial charge in [-0.3, -0.25) is 0 Å². The molecule has 0 spiro atoms. The summed E-state index contributed by atoms with van der Waals surface area (Å²) in [5.41, 5.74) is 8.53. The number of hydrogen-bond acceptors (Lipinski definition) is 0. The van der Waals surface area contributed by atoms with Crippen LogP contribution in [0.4, 0.5) is 0 Å². The molecule has 0 N–H and O–H groups in total. The first-order chi connectivity index (χ1) is 16.1. The SMILES string of the molecule is C/C=C\C=C/C1=C[C-](C)Cc2ccccc2C1.C/C=C\C=C/C1=C[C-](C)c2ccccc2C1.[W].[W]. The van der Waals surface area contributed by atoms with Crippen molar-refractivity contribution in [2.75, 3.05) is 0 Å². The van der Waals surface area contributed by atoms with Gasteiger partial charge in [0, 0.05) is 42.1 Å². The Morgan fingerprint density at radius 1 is 0.629 bits per heavy atom. The van der Waals surface area contributed by atoms with Crippen LogP contribution in [0.5, 0.6) is 0 Å². The minimum absolute atomic E-state index is 0. The normalized spacial score (nSPS) is 15.0. The average Bonchev–Trinajstić information content (AvgIpc) is 2.97. The molecule has 2 aromatic carbocycles. The van der Waals surface area contributed by atoms with E-state index in [2.05, 4.69) is 117 Å². The molecule has 2 aliphatic rings. The second kappa shape index (κ2) is 16.6. The van der Waals surface area contributed by atoms with Crippen LogP contribution in [-0.4, -0.2) is 0 Å². The van der Waals surface area contributed by atoms with E-state index in [0.717, 1.165) is 19.3 Å². The molecule has 0 saturated heterocycles. The van der Waals surface area contributed by atoms with Gasteiger partial charge in [-0.2, -0.15) is 5.57 Å². The number of allylic oxidation sites excluding steroid dienone is 12. The molecule has 0 unspecified atom stereocenters. The Morgan fingerprint density at radius 2 is 1.14 bits per heavy atom. The number of hydrogen-bond donors (Lipinski definition) is 0. The predicted molar refractivity (Wildman–Crippen MR) is 145 cm³/mol. The minimum Gasteiger partial charge on any atom is -0.222 e. The maximum atomic E-state index is 2.32. The summed E-state index contributed by atoms with van der Waals surface area (Å²) in [4.78, 5) is 0. The van der Waals surface area contributed by atoms with Gasteiger partial charge in [-0.15, -0.1) is 66.0 Å². The molecule has 2 aliphatic carbocycles. The van der Waals surface area contributed by atoms with Gasteiger partial charge in [-0.1, -0.05) is 104 Å². The number of rotatable bonds is 4. The molecule has 35 heavy (non-hydrogen) atoms. The van der Waals surface area contributed by atoms with Crippen molar-refractivity contribution in [2.45, 2.75) is 47.0 Å². The topological polar surface area (TPSA) is 0 Å². The van der Waals surface area contributed by atoms with Crippen LogP contribution < -0.4 is 0 Å². The first kappa shape index (κ1) is 31.0. The molecule has 182 valence electrons. The molecule has 2 heteroatoms. The zero-order chi connectivity index (χ0) is 23.5. The fourth-order valence-electron chi connectivity index (χ4n) is 4.32. The Hall–Kier alpha value is -2.00. The van der Waals surface area contributed by atoms with Gasteiger partial charge in [0.1, 0.15) is 0 Å². The van der Waals surface area contributed by atoms with Gasteiger partial charge in [0.15, 0.2) is 0 Å². The van der Waals surface area contributed by atoms with Crippen molar-refractivity contribution in [1.29, 1.82) is 0 Å². The van der Waals surface area contributed by atoms with Gasteiger partial charge in [0.2, 0.25) is 0 Å². The van der Waals surface area contributed by atoms with Crippen LogP contribution in [0.1, 0.15) is 49.9 Å². The molecule has 0 atom stereocenters. The van der Waals surface area contributed by atoms with Crippen molar-refractivity contribution in [1.82, 2.24) is 0 Å². The fourth-order valence-corrected chi connectivity index (χ4v) is 4.32. The second-order valence-electron chi connectivity index (χ2n) is 8.69. The predicted octanol–water partition coefficient (Wildman–Crippen LogP) is 8.68. The maximum Gasteiger partial charge on any atom is 0 e. The largest absolute Gasteiger partial charge is 0.222 e. The fraction of sp³-hybridized carbons (Fsp3) is 0.212. The summed E-state index contributed by atoms with van der Waals surface area (Å²) in [7, 11) is 0. The Balaban J connectivity index is 0.000000332. The molecular weight excluding hydrogens is 764 g/mol. The summed E-state index contributed by atoms with van der Waals surface area (Å²) in [6, 6.07) is 17.4. The maximum absolute atomic E-state index is 2.32. The molecular formula is C33H36W2-2. The third kappa shape index (κ3) is 9.87. The summed E-state index contributed by atoms with van der Waals surface area (Å²) >= 11 is 0. The summed E-state index contributed by atoms with van der Waals surface area (Å²) in [5.74, 6) is 2.80. The van der Waals surface area contributed by atoms with Crippen molar-refractivity contribution in [3.8, 4) is 0 Å². The molecule has 0 bridgehead atoms. The van der Waals surface area contributed by atoms with Gasteiger partial charge < -0.3 is 0 Å². The Kier molecular flexibility index (Phi) is 14.7. The van der Waals surface area contributed by atoms with Gasteiger partial charge in [0.25, 0.3) is 0 Å². The van der Waals surface area contributed by atoms with E-state index in [9.17, 15) is 0 Å². The van der Waals surface area contributed by atoms with Gasteiger partial charge in [0.05, 0.1) is 0 Å². The van der Waals surface area contributed by atoms with Crippen LogP contribution in [0.2, 0.25) is 0 Å². The first-order valence-electron chi connectivity index (χ1n) is 11.9. The van der Waals surface area contributed by atoms with E-state index in [1.54, 1.807) is 0 Å². The van der Waals surface area contributed by atoms with Crippen molar-refractivity contribution >= 4 is 0 Å². The first-order valence-corrected chi connectivity index (χ1v) is 11.9. The van der Waals surface area contributed by atoms with Crippen molar-refractivity contribution in [3.63, 3.8) is 0 Å². The molecule has 0 nitrogen and oxygen atoms in total. The van der Waals surface area contributed by atoms with Crippen molar-refractivity contribution < 1.29 is 42.1 Å². The van der Waals surface area contributed by atoms with Crippen LogP contribution in [0.3, 0.4) is 0 Å². The summed E-state index contributed by atoms with van der Waals surface area (Å²) in [6.07, 6.45) is 24.6. The van der Waals surface area contributed by atoms with Gasteiger partial charge in [-0.05, 0) is 13.8 Å². The molecule has 0 radical (unpaired) electrons. The molecule has 2 aromatic rings. The zero-order valence-electron chi connectivity index (χ0n) is 21.3. The Morgan fingerprint density at radius 3 is 1.77 bits per heavy atom. The van der Waals surface area contributed by atoms with E-state index in [4.69, 9.17) is 0 Å². The average molecular weight is 800 g/mol. The molecule has 0 aromatic heterocycles. The van der Waals surface area contributed by atoms with E-state index in [-0.39, 0.29) is 42.1 Å². The van der Waals surface area contributed by atoms with E-state index >= 15 is 0 Å². The second-order valence-corrected chi connectivity index (χ2v) is 8.69.